The molecule has 0 saturated carbocycles. The number of carbonyl (C=O) groups is 2. The molecule has 0 bridgehead atoms. The Morgan fingerprint density at radius 2 is 1.90 bits per heavy atom. The van der Waals surface area contributed by atoms with Gasteiger partial charge in [-0.3, -0.25) is 4.79 Å². The smallest absolute Gasteiger partial charge is 0.341 e. The molecule has 0 aliphatic heterocycles. The van der Waals surface area contributed by atoms with Crippen LogP contribution in [0.1, 0.15) is 24.2 Å². The fraction of sp³-hybridized carbons (Fsp3) is 0.429. The molecule has 0 fully saturated rings. The average Bonchev–Trinajstić information content (AvgIpc) is 2.43. The van der Waals surface area contributed by atoms with E-state index in [-0.39, 0.29) is 12.4 Å². The zero-order chi connectivity index (χ0) is 15.3. The molecule has 0 aromatic heterocycles. The van der Waals surface area contributed by atoms with Crippen molar-refractivity contribution in [3.05, 3.63) is 23.8 Å². The first kappa shape index (κ1) is 16.0. The van der Waals surface area contributed by atoms with E-state index in [9.17, 15) is 14.7 Å². The van der Waals surface area contributed by atoms with Crippen LogP contribution in [0.15, 0.2) is 18.2 Å². The third kappa shape index (κ3) is 3.71. The highest BCUT2D eigenvalue weighted by Crippen LogP contribution is 2.29. The van der Waals surface area contributed by atoms with Crippen molar-refractivity contribution in [2.45, 2.75) is 19.4 Å². The standard InChI is InChI=1S/C14H18O6/c1-9(15)10-5-6-11(12(7-10)18-3)20-8-14(2,17)13(16)19-4/h5-7,17H,8H2,1-4H3. The lowest BCUT2D eigenvalue weighted by molar-refractivity contribution is -0.163. The highest BCUT2D eigenvalue weighted by Gasteiger charge is 2.32. The molecule has 0 amide bonds. The molecule has 0 spiro atoms. The van der Waals surface area contributed by atoms with Crippen LogP contribution in [0.3, 0.4) is 0 Å². The summed E-state index contributed by atoms with van der Waals surface area (Å²) in [6.45, 7) is 2.43. The molecule has 0 radical (unpaired) electrons. The van der Waals surface area contributed by atoms with E-state index in [4.69, 9.17) is 9.47 Å². The number of ketones is 1. The van der Waals surface area contributed by atoms with E-state index in [0.717, 1.165) is 0 Å². The van der Waals surface area contributed by atoms with Gasteiger partial charge in [-0.05, 0) is 32.0 Å². The zero-order valence-corrected chi connectivity index (χ0v) is 11.9. The molecule has 0 heterocycles. The molecular weight excluding hydrogens is 264 g/mol. The van der Waals surface area contributed by atoms with Gasteiger partial charge < -0.3 is 19.3 Å². The molecule has 1 aromatic carbocycles. The van der Waals surface area contributed by atoms with Crippen LogP contribution in [0.5, 0.6) is 11.5 Å². The first-order chi connectivity index (χ1) is 9.31. The lowest BCUT2D eigenvalue weighted by Gasteiger charge is -2.21. The van der Waals surface area contributed by atoms with Crippen LogP contribution in [-0.4, -0.2) is 43.3 Å². The van der Waals surface area contributed by atoms with E-state index < -0.39 is 11.6 Å². The van der Waals surface area contributed by atoms with E-state index in [2.05, 4.69) is 4.74 Å². The van der Waals surface area contributed by atoms with Crippen LogP contribution in [0, 0.1) is 0 Å². The molecule has 1 rings (SSSR count). The minimum Gasteiger partial charge on any atom is -0.493 e. The summed E-state index contributed by atoms with van der Waals surface area (Å²) in [5.41, 5.74) is -1.28. The van der Waals surface area contributed by atoms with Crippen LogP contribution in [-0.2, 0) is 9.53 Å². The third-order valence-corrected chi connectivity index (χ3v) is 2.70. The van der Waals surface area contributed by atoms with Crippen molar-refractivity contribution in [3.8, 4) is 11.5 Å². The number of Topliss-reactive ketones (excluding diaryl/α,β-unsaturated/α-hetero) is 1. The van der Waals surface area contributed by atoms with Crippen LogP contribution < -0.4 is 9.47 Å². The van der Waals surface area contributed by atoms with Crippen molar-refractivity contribution >= 4 is 11.8 Å². The van der Waals surface area contributed by atoms with Crippen LogP contribution >= 0.6 is 0 Å². The molecule has 0 aliphatic rings. The van der Waals surface area contributed by atoms with Gasteiger partial charge in [0.1, 0.15) is 6.61 Å². The predicted octanol–water partition coefficient (Wildman–Crippen LogP) is 1.20. The number of hydrogen-bond donors (Lipinski definition) is 1. The lowest BCUT2D eigenvalue weighted by Crippen LogP contribution is -2.42. The van der Waals surface area contributed by atoms with Crippen LogP contribution in [0.2, 0.25) is 0 Å². The van der Waals surface area contributed by atoms with Gasteiger partial charge in [-0.1, -0.05) is 0 Å². The number of ether oxygens (including phenoxy) is 3. The number of esters is 1. The monoisotopic (exact) mass is 282 g/mol. The highest BCUT2D eigenvalue weighted by molar-refractivity contribution is 5.94. The summed E-state index contributed by atoms with van der Waals surface area (Å²) in [4.78, 5) is 22.6. The van der Waals surface area contributed by atoms with Gasteiger partial charge in [0.05, 0.1) is 14.2 Å². The largest absolute Gasteiger partial charge is 0.493 e. The Hall–Kier alpha value is -2.08. The second-order valence-corrected chi connectivity index (χ2v) is 4.48. The second-order valence-electron chi connectivity index (χ2n) is 4.48. The number of aliphatic hydroxyl groups is 1. The number of hydrogen-bond acceptors (Lipinski definition) is 6. The Labute approximate surface area is 117 Å². The minimum atomic E-state index is -1.76. The molecule has 110 valence electrons. The van der Waals surface area contributed by atoms with Gasteiger partial charge in [-0.15, -0.1) is 0 Å². The molecule has 6 heteroatoms. The zero-order valence-electron chi connectivity index (χ0n) is 11.9. The lowest BCUT2D eigenvalue weighted by atomic mass is 10.1. The molecule has 6 nitrogen and oxygen atoms in total. The van der Waals surface area contributed by atoms with Crippen molar-refractivity contribution in [2.24, 2.45) is 0 Å². The SMILES string of the molecule is COC(=O)C(C)(O)COc1ccc(C(C)=O)cc1OC. The Bertz CT molecular complexity index is 506. The summed E-state index contributed by atoms with van der Waals surface area (Å²) in [5, 5.41) is 9.86. The van der Waals surface area contributed by atoms with E-state index in [1.54, 1.807) is 12.1 Å². The van der Waals surface area contributed by atoms with Crippen molar-refractivity contribution in [2.75, 3.05) is 20.8 Å². The van der Waals surface area contributed by atoms with E-state index in [0.29, 0.717) is 17.1 Å². The fourth-order valence-electron chi connectivity index (χ4n) is 1.50. The van der Waals surface area contributed by atoms with Gasteiger partial charge in [-0.25, -0.2) is 4.79 Å². The van der Waals surface area contributed by atoms with E-state index in [1.807, 2.05) is 0 Å². The average molecular weight is 282 g/mol. The summed E-state index contributed by atoms with van der Waals surface area (Å²) in [6, 6.07) is 4.65. The summed E-state index contributed by atoms with van der Waals surface area (Å²) in [6.07, 6.45) is 0. The van der Waals surface area contributed by atoms with Gasteiger partial charge in [0.25, 0.3) is 0 Å². The summed E-state index contributed by atoms with van der Waals surface area (Å²) >= 11 is 0. The van der Waals surface area contributed by atoms with Gasteiger partial charge >= 0.3 is 5.97 Å². The van der Waals surface area contributed by atoms with Gasteiger partial charge in [-0.2, -0.15) is 0 Å². The first-order valence-electron chi connectivity index (χ1n) is 5.94. The summed E-state index contributed by atoms with van der Waals surface area (Å²) in [7, 11) is 2.61. The number of rotatable bonds is 6. The molecule has 0 saturated heterocycles. The Kier molecular flexibility index (Phi) is 5.10. The van der Waals surface area contributed by atoms with Gasteiger partial charge in [0.2, 0.25) is 0 Å². The van der Waals surface area contributed by atoms with E-state index >= 15 is 0 Å². The van der Waals surface area contributed by atoms with Crippen LogP contribution in [0.25, 0.3) is 0 Å². The maximum absolute atomic E-state index is 11.3. The number of carbonyl (C=O) groups excluding carboxylic acids is 2. The molecule has 0 aliphatic carbocycles. The van der Waals surface area contributed by atoms with Crippen molar-refractivity contribution in [1.82, 2.24) is 0 Å². The third-order valence-electron chi connectivity index (χ3n) is 2.70. The number of benzene rings is 1. The Morgan fingerprint density at radius 3 is 2.40 bits per heavy atom. The molecule has 1 atom stereocenters. The van der Waals surface area contributed by atoms with Gasteiger partial charge in [0.15, 0.2) is 22.9 Å². The quantitative estimate of drug-likeness (QED) is 0.623. The van der Waals surface area contributed by atoms with Crippen molar-refractivity contribution in [3.63, 3.8) is 0 Å². The molecular formula is C14H18O6. The molecule has 1 aromatic rings. The molecule has 20 heavy (non-hydrogen) atoms. The van der Waals surface area contributed by atoms with Gasteiger partial charge in [0, 0.05) is 5.56 Å². The first-order valence-corrected chi connectivity index (χ1v) is 5.94. The second kappa shape index (κ2) is 6.38. The highest BCUT2D eigenvalue weighted by atomic mass is 16.6. The van der Waals surface area contributed by atoms with Crippen molar-refractivity contribution < 1.29 is 28.9 Å². The van der Waals surface area contributed by atoms with Crippen LogP contribution in [0.4, 0.5) is 0 Å². The Morgan fingerprint density at radius 1 is 1.25 bits per heavy atom. The fourth-order valence-corrected chi connectivity index (χ4v) is 1.50. The summed E-state index contributed by atoms with van der Waals surface area (Å²) < 4.78 is 14.9. The topological polar surface area (TPSA) is 82.1 Å². The maximum atomic E-state index is 11.3. The summed E-state index contributed by atoms with van der Waals surface area (Å²) in [5.74, 6) is -0.228. The number of methoxy groups -OCH3 is 2. The maximum Gasteiger partial charge on any atom is 0.341 e. The minimum absolute atomic E-state index is 0.101. The molecule has 1 N–H and O–H groups in total. The Balaban J connectivity index is 2.88. The molecule has 1 unspecified atom stereocenters. The van der Waals surface area contributed by atoms with E-state index in [1.165, 1.54) is 34.1 Å². The normalized spacial score (nSPS) is 13.2. The van der Waals surface area contributed by atoms with Crippen molar-refractivity contribution in [1.29, 1.82) is 0 Å². The predicted molar refractivity (Wildman–Crippen MR) is 71.1 cm³/mol.